The highest BCUT2D eigenvalue weighted by molar-refractivity contribution is 7.35. The molecule has 8 aromatic heterocycles. The maximum absolute atomic E-state index is 14.2. The topological polar surface area (TPSA) is 154 Å². The average Bonchev–Trinajstić information content (AvgIpc) is 1.53. The van der Waals surface area contributed by atoms with E-state index in [1.165, 1.54) is 249 Å². The largest absolute Gasteiger partial charge is 0.528 e. The van der Waals surface area contributed by atoms with Crippen LogP contribution in [0, 0.1) is 35.8 Å². The Labute approximate surface area is 747 Å². The number of ether oxygens (including phenoxy) is 4. The molecule has 10 heterocycles. The number of nitriles is 2. The Morgan fingerprint density at radius 3 is 1.03 bits per heavy atom. The van der Waals surface area contributed by atoms with Crippen molar-refractivity contribution in [3.05, 3.63) is 161 Å². The van der Waals surface area contributed by atoms with Gasteiger partial charge in [-0.1, -0.05) is 307 Å². The van der Waals surface area contributed by atoms with Gasteiger partial charge in [-0.05, 0) is 98.9 Å². The summed E-state index contributed by atoms with van der Waals surface area (Å²) in [5.74, 6) is 3.92. The number of ketones is 2. The van der Waals surface area contributed by atoms with Crippen LogP contribution in [0.1, 0.15) is 363 Å². The predicted molar refractivity (Wildman–Crippen MR) is 512 cm³/mol. The number of carbonyl (C=O) groups excluding carboxylic acids is 2. The molecule has 10 aromatic rings. The van der Waals surface area contributed by atoms with Crippen molar-refractivity contribution in [3.63, 3.8) is 0 Å². The third-order valence-electron chi connectivity index (χ3n) is 25.6. The van der Waals surface area contributed by atoms with Gasteiger partial charge in [-0.3, -0.25) is 9.59 Å². The van der Waals surface area contributed by atoms with Gasteiger partial charge in [0.2, 0.25) is 0 Å². The number of methoxy groups -OCH3 is 2. The first-order chi connectivity index (χ1) is 59.9. The molecule has 0 fully saturated rings. The van der Waals surface area contributed by atoms with Crippen molar-refractivity contribution >= 4 is 133 Å². The first kappa shape index (κ1) is 89.7. The lowest BCUT2D eigenvalue weighted by molar-refractivity contribution is 0.0405. The summed E-state index contributed by atoms with van der Waals surface area (Å²) in [4.78, 5) is 43.8. The van der Waals surface area contributed by atoms with Gasteiger partial charge in [-0.25, -0.2) is 0 Å². The molecular formula is C104H120N4O8S6. The molecule has 0 bridgehead atoms. The van der Waals surface area contributed by atoms with E-state index >= 15 is 0 Å². The Morgan fingerprint density at radius 2 is 0.713 bits per heavy atom. The van der Waals surface area contributed by atoms with Gasteiger partial charge >= 0.3 is 5.82 Å². The third-order valence-corrected chi connectivity index (χ3v) is 32.7. The molecule has 0 radical (unpaired) electrons. The molecule has 0 unspecified atom stereocenters. The molecule has 14 rings (SSSR count). The number of nitrogens with zero attached hydrogens (tertiary/aromatic N) is 4. The summed E-state index contributed by atoms with van der Waals surface area (Å²) in [5, 5.41) is 20.4. The fraction of sp³-hybridized carbons (Fsp3) is 0.500. The zero-order valence-corrected chi connectivity index (χ0v) is 77.6. The highest BCUT2D eigenvalue weighted by atomic mass is 32.1. The monoisotopic (exact) mass is 1740 g/mol. The molecular weight excluding hydrogens is 1630 g/mol. The maximum Gasteiger partial charge on any atom is 0.528 e. The zero-order chi connectivity index (χ0) is 85.0. The van der Waals surface area contributed by atoms with Crippen LogP contribution < -0.4 is 18.9 Å². The number of fused-ring (bicyclic) bond motifs is 13. The van der Waals surface area contributed by atoms with Crippen molar-refractivity contribution in [1.82, 2.24) is 0 Å². The Morgan fingerprint density at radius 1 is 0.402 bits per heavy atom. The molecule has 0 saturated heterocycles. The molecule has 2 aliphatic carbocycles. The van der Waals surface area contributed by atoms with Gasteiger partial charge in [0.05, 0.1) is 58.5 Å². The molecule has 0 N–H and O–H groups in total. The second kappa shape index (κ2) is 43.4. The SMILES string of the molecule is [C-]#[N+]C([N+]#[C-])=C1/C(=C/c2cc3oc(-c4cc5c(s4)-c4sc6c7c(sc6c4OC5(CCCCCCCCCCCC)CCCCCCCCCCCC)-c4sc(-c5oc6cc(/C=C8\C(=O)c9ccccc9C8=C(C#N)C#N)sc6c5OC)cc4C(CCCCCCCCCCCC)(CCCCCCCCCCCC)O7)c(OC)c3s2)C(=O)c2ccccc21. The van der Waals surface area contributed by atoms with Crippen LogP contribution in [0.2, 0.25) is 0 Å². The predicted octanol–water partition coefficient (Wildman–Crippen LogP) is 34.7. The van der Waals surface area contributed by atoms with E-state index in [-0.39, 0.29) is 23.0 Å². The van der Waals surface area contributed by atoms with Gasteiger partial charge in [0.1, 0.15) is 62.6 Å². The Bertz CT molecular complexity index is 5210. The molecule has 0 saturated carbocycles. The van der Waals surface area contributed by atoms with Crippen molar-refractivity contribution in [2.45, 2.75) is 321 Å². The number of thiophene rings is 6. The van der Waals surface area contributed by atoms with Gasteiger partial charge in [0.15, 0.2) is 46.1 Å². The minimum atomic E-state index is -0.653. The summed E-state index contributed by atoms with van der Waals surface area (Å²) in [6.07, 6.45) is 56.7. The van der Waals surface area contributed by atoms with Crippen LogP contribution in [0.25, 0.3) is 104 Å². The first-order valence-corrected chi connectivity index (χ1v) is 51.1. The molecule has 122 heavy (non-hydrogen) atoms. The number of carbonyl (C=O) groups is 2. The third kappa shape index (κ3) is 19.6. The quantitative estimate of drug-likeness (QED) is 0.0156. The van der Waals surface area contributed by atoms with Crippen molar-refractivity contribution < 1.29 is 37.4 Å². The minimum absolute atomic E-state index is 0.102. The lowest BCUT2D eigenvalue weighted by Crippen LogP contribution is -2.35. The maximum atomic E-state index is 14.2. The van der Waals surface area contributed by atoms with Gasteiger partial charge in [0, 0.05) is 48.7 Å². The number of unbranched alkanes of at least 4 members (excludes halogenated alkanes) is 36. The molecule has 4 aliphatic rings. The van der Waals surface area contributed by atoms with Gasteiger partial charge in [-0.15, -0.1) is 68.0 Å². The van der Waals surface area contributed by atoms with E-state index in [9.17, 15) is 20.1 Å². The normalized spacial score (nSPS) is 14.7. The van der Waals surface area contributed by atoms with E-state index in [0.717, 1.165) is 137 Å². The lowest BCUT2D eigenvalue weighted by Gasteiger charge is -2.39. The van der Waals surface area contributed by atoms with E-state index in [1.807, 2.05) is 71.2 Å². The van der Waals surface area contributed by atoms with Crippen LogP contribution in [0.5, 0.6) is 23.0 Å². The zero-order valence-electron chi connectivity index (χ0n) is 72.7. The number of rotatable bonds is 50. The highest BCUT2D eigenvalue weighted by Gasteiger charge is 2.49. The molecule has 12 nitrogen and oxygen atoms in total. The van der Waals surface area contributed by atoms with Crippen molar-refractivity contribution in [2.75, 3.05) is 14.2 Å². The van der Waals surface area contributed by atoms with Crippen LogP contribution in [0.3, 0.4) is 0 Å². The van der Waals surface area contributed by atoms with E-state index in [2.05, 4.69) is 61.7 Å². The van der Waals surface area contributed by atoms with Crippen molar-refractivity contribution in [2.24, 2.45) is 0 Å². The summed E-state index contributed by atoms with van der Waals surface area (Å²) >= 11 is 10.2. The lowest BCUT2D eigenvalue weighted by atomic mass is 9.81. The fourth-order valence-electron chi connectivity index (χ4n) is 19.0. The number of Topliss-reactive ketones (excluding diaryl/α,β-unsaturated/α-hetero) is 2. The number of hydrogen-bond donors (Lipinski definition) is 0. The molecule has 18 heteroatoms. The number of benzene rings is 2. The van der Waals surface area contributed by atoms with Crippen molar-refractivity contribution in [1.29, 1.82) is 10.5 Å². The summed E-state index contributed by atoms with van der Waals surface area (Å²) in [6.45, 7) is 25.1. The summed E-state index contributed by atoms with van der Waals surface area (Å²) < 4.78 is 47.6. The second-order valence-corrected chi connectivity index (χ2v) is 40.5. The molecule has 2 aliphatic heterocycles. The van der Waals surface area contributed by atoms with Gasteiger partial charge < -0.3 is 27.8 Å². The number of furan rings is 2. The molecule has 0 atom stereocenters. The standard InChI is InChI=1S/C104H120N4O8S6/c1-9-13-17-21-25-29-33-37-41-49-57-103(58-50-42-38-34-30-26-22-18-14-10-2)78-65-82(88-90(111-7)96-80(113-88)63-70(117-96)61-76-84(69(67-105)68-106)72-53-45-47-55-74(72)86(76)109)119-94(78)98-92(115-103)100-101(121-98)93-99(122-100)95-79(104(116-93,59-51-43-39-35-31-27-23-19-15-11-3)60-52-44-40-36-32-28-24-20-16-12-4)66-83(120-95)89-91(112-8)97-81(114-89)64-71(118-97)62-77-85(102(107-5)108-6)73-54-46-48-56-75(73)87(77)110/h45-48,53-56,61-66H,9-44,49-52,57-60H2,1-4,7-8H3/b76-61-,77-62-. The Hall–Kier alpha value is -8.56. The van der Waals surface area contributed by atoms with Crippen LogP contribution in [0.4, 0.5) is 0 Å². The van der Waals surface area contributed by atoms with Crippen LogP contribution in [0.15, 0.2) is 104 Å². The highest BCUT2D eigenvalue weighted by Crippen LogP contribution is 2.68. The number of allylic oxidation sites excluding steroid dienone is 5. The Kier molecular flexibility index (Phi) is 31.9. The minimum Gasteiger partial charge on any atom is -0.491 e. The van der Waals surface area contributed by atoms with E-state index < -0.39 is 11.2 Å². The van der Waals surface area contributed by atoms with Crippen molar-refractivity contribution in [3.8, 4) is 75.9 Å². The smallest absolute Gasteiger partial charge is 0.491 e. The summed E-state index contributed by atoms with van der Waals surface area (Å²) in [5.41, 5.74) is 5.81. The summed E-state index contributed by atoms with van der Waals surface area (Å²) in [6, 6.07) is 27.3. The molecule has 0 spiro atoms. The number of hydrogen-bond acceptors (Lipinski definition) is 16. The van der Waals surface area contributed by atoms with Gasteiger partial charge in [0.25, 0.3) is 0 Å². The second-order valence-electron chi connectivity index (χ2n) is 34.2. The molecule has 640 valence electrons. The average molecular weight is 1750 g/mol. The molecule has 0 amide bonds. The van der Waals surface area contributed by atoms with E-state index in [0.29, 0.717) is 78.7 Å². The van der Waals surface area contributed by atoms with Crippen LogP contribution in [-0.4, -0.2) is 25.8 Å². The fourth-order valence-corrected chi connectivity index (χ4v) is 26.5. The van der Waals surface area contributed by atoms with E-state index in [1.54, 1.807) is 61.2 Å². The van der Waals surface area contributed by atoms with Crippen LogP contribution >= 0.6 is 68.0 Å². The summed E-state index contributed by atoms with van der Waals surface area (Å²) in [7, 11) is 3.42. The Balaban J connectivity index is 0.882. The first-order valence-electron chi connectivity index (χ1n) is 46.2. The van der Waals surface area contributed by atoms with E-state index in [4.69, 9.17) is 40.9 Å². The van der Waals surface area contributed by atoms with Crippen LogP contribution in [-0.2, 0) is 11.2 Å². The molecule has 2 aromatic carbocycles. The van der Waals surface area contributed by atoms with Gasteiger partial charge in [-0.2, -0.15) is 20.2 Å².